The number of carbonyl (C=O) groups excluding carboxylic acids is 1. The van der Waals surface area contributed by atoms with E-state index in [9.17, 15) is 4.79 Å². The Morgan fingerprint density at radius 1 is 1.41 bits per heavy atom. The van der Waals surface area contributed by atoms with Gasteiger partial charge >= 0.3 is 0 Å². The number of nitrogens with one attached hydrogen (secondary N) is 1. The topological polar surface area (TPSA) is 55.1 Å². The summed E-state index contributed by atoms with van der Waals surface area (Å²) in [7, 11) is 0. The van der Waals surface area contributed by atoms with Gasteiger partial charge in [0.05, 0.1) is 11.0 Å². The first-order chi connectivity index (χ1) is 8.05. The molecule has 1 aliphatic carbocycles. The van der Waals surface area contributed by atoms with Crippen molar-refractivity contribution in [3.05, 3.63) is 0 Å². The molecule has 1 amide bonds. The number of thiocarbonyl (C=S) groups is 1. The first kappa shape index (κ1) is 14.4. The third kappa shape index (κ3) is 3.41. The summed E-state index contributed by atoms with van der Waals surface area (Å²) in [6.07, 6.45) is 7.05. The van der Waals surface area contributed by atoms with Gasteiger partial charge in [-0.25, -0.2) is 0 Å². The third-order valence-corrected chi connectivity index (χ3v) is 4.23. The van der Waals surface area contributed by atoms with Crippen molar-refractivity contribution in [2.24, 2.45) is 11.1 Å². The Morgan fingerprint density at radius 3 is 2.41 bits per heavy atom. The highest BCUT2D eigenvalue weighted by atomic mass is 32.1. The minimum Gasteiger partial charge on any atom is -0.392 e. The van der Waals surface area contributed by atoms with Crippen molar-refractivity contribution in [1.29, 1.82) is 0 Å². The molecule has 1 fully saturated rings. The van der Waals surface area contributed by atoms with E-state index in [1.165, 1.54) is 0 Å². The van der Waals surface area contributed by atoms with Gasteiger partial charge in [0.25, 0.3) is 0 Å². The highest BCUT2D eigenvalue weighted by molar-refractivity contribution is 7.80. The lowest BCUT2D eigenvalue weighted by molar-refractivity contribution is -0.131. The molecule has 0 aromatic rings. The van der Waals surface area contributed by atoms with E-state index >= 15 is 0 Å². The fourth-order valence-electron chi connectivity index (χ4n) is 2.68. The molecule has 3 nitrogen and oxygen atoms in total. The zero-order valence-electron chi connectivity index (χ0n) is 10.9. The smallest absolute Gasteiger partial charge is 0.226 e. The first-order valence-electron chi connectivity index (χ1n) is 6.66. The molecule has 0 bridgehead atoms. The summed E-state index contributed by atoms with van der Waals surface area (Å²) >= 11 is 5.01. The molecule has 0 spiro atoms. The molecule has 0 radical (unpaired) electrons. The van der Waals surface area contributed by atoms with Crippen LogP contribution >= 0.6 is 12.2 Å². The van der Waals surface area contributed by atoms with Crippen LogP contribution < -0.4 is 11.1 Å². The van der Waals surface area contributed by atoms with Crippen molar-refractivity contribution in [3.8, 4) is 0 Å². The molecule has 1 unspecified atom stereocenters. The van der Waals surface area contributed by atoms with Crippen LogP contribution in [-0.2, 0) is 4.79 Å². The van der Waals surface area contributed by atoms with Crippen LogP contribution in [0.25, 0.3) is 0 Å². The predicted molar refractivity (Wildman–Crippen MR) is 74.8 cm³/mol. The van der Waals surface area contributed by atoms with Gasteiger partial charge in [-0.3, -0.25) is 4.79 Å². The normalized spacial score (nSPS) is 19.9. The summed E-state index contributed by atoms with van der Waals surface area (Å²) < 4.78 is 0. The van der Waals surface area contributed by atoms with Gasteiger partial charge in [-0.15, -0.1) is 0 Å². The second-order valence-electron chi connectivity index (χ2n) is 5.06. The Labute approximate surface area is 110 Å². The lowest BCUT2D eigenvalue weighted by atomic mass is 9.82. The van der Waals surface area contributed by atoms with Gasteiger partial charge in [0.15, 0.2) is 0 Å². The van der Waals surface area contributed by atoms with Crippen LogP contribution in [0.3, 0.4) is 0 Å². The lowest BCUT2D eigenvalue weighted by Gasteiger charge is -2.29. The van der Waals surface area contributed by atoms with Gasteiger partial charge in [-0.2, -0.15) is 0 Å². The monoisotopic (exact) mass is 256 g/mol. The Kier molecular flexibility index (Phi) is 5.37. The summed E-state index contributed by atoms with van der Waals surface area (Å²) in [5.41, 5.74) is 5.52. The second-order valence-corrected chi connectivity index (χ2v) is 5.53. The number of hydrogen-bond donors (Lipinski definition) is 2. The summed E-state index contributed by atoms with van der Waals surface area (Å²) in [6, 6.07) is -0.133. The van der Waals surface area contributed by atoms with Crippen molar-refractivity contribution in [2.75, 3.05) is 0 Å². The highest BCUT2D eigenvalue weighted by Crippen LogP contribution is 2.41. The van der Waals surface area contributed by atoms with Crippen molar-refractivity contribution >= 4 is 23.1 Å². The van der Waals surface area contributed by atoms with E-state index in [2.05, 4.69) is 19.2 Å². The third-order valence-electron chi connectivity index (χ3n) is 3.95. The van der Waals surface area contributed by atoms with E-state index in [1.54, 1.807) is 0 Å². The van der Waals surface area contributed by atoms with Crippen LogP contribution in [0.4, 0.5) is 0 Å². The van der Waals surface area contributed by atoms with Gasteiger partial charge in [-0.1, -0.05) is 45.3 Å². The molecule has 1 saturated carbocycles. The number of rotatable bonds is 6. The molecule has 0 aromatic heterocycles. The average molecular weight is 256 g/mol. The van der Waals surface area contributed by atoms with Crippen LogP contribution in [0.2, 0.25) is 0 Å². The van der Waals surface area contributed by atoms with Gasteiger partial charge in [0.1, 0.15) is 0 Å². The SMILES string of the molecule is CCCC(NC(=O)C1(CC)CCCC1)C(N)=S. The Morgan fingerprint density at radius 2 is 2.00 bits per heavy atom. The number of carbonyl (C=O) groups is 1. The summed E-state index contributed by atoms with van der Waals surface area (Å²) in [6.45, 7) is 4.17. The quantitative estimate of drug-likeness (QED) is 0.718. The standard InChI is InChI=1S/C13H24N2OS/c1-3-7-10(11(14)17)15-12(16)13(4-2)8-5-6-9-13/h10H,3-9H2,1-2H3,(H2,14,17)(H,15,16). The van der Waals surface area contributed by atoms with Crippen LogP contribution in [0.5, 0.6) is 0 Å². The lowest BCUT2D eigenvalue weighted by Crippen LogP contribution is -2.49. The molecule has 0 saturated heterocycles. The first-order valence-corrected chi connectivity index (χ1v) is 7.07. The van der Waals surface area contributed by atoms with Gasteiger partial charge < -0.3 is 11.1 Å². The molecule has 0 heterocycles. The molecule has 98 valence electrons. The number of hydrogen-bond acceptors (Lipinski definition) is 2. The zero-order valence-corrected chi connectivity index (χ0v) is 11.7. The highest BCUT2D eigenvalue weighted by Gasteiger charge is 2.40. The van der Waals surface area contributed by atoms with Crippen molar-refractivity contribution in [3.63, 3.8) is 0 Å². The van der Waals surface area contributed by atoms with E-state index in [-0.39, 0.29) is 17.4 Å². The maximum Gasteiger partial charge on any atom is 0.226 e. The molecule has 1 aliphatic rings. The minimum atomic E-state index is -0.156. The molecule has 4 heteroatoms. The van der Waals surface area contributed by atoms with Crippen molar-refractivity contribution in [1.82, 2.24) is 5.32 Å². The molecular weight excluding hydrogens is 232 g/mol. The summed E-state index contributed by atoms with van der Waals surface area (Å²) in [5, 5.41) is 3.05. The van der Waals surface area contributed by atoms with E-state index in [0.717, 1.165) is 44.9 Å². The van der Waals surface area contributed by atoms with E-state index in [4.69, 9.17) is 18.0 Å². The van der Waals surface area contributed by atoms with Crippen LogP contribution in [-0.4, -0.2) is 16.9 Å². The van der Waals surface area contributed by atoms with Crippen LogP contribution in [0, 0.1) is 5.41 Å². The van der Waals surface area contributed by atoms with Crippen molar-refractivity contribution < 1.29 is 4.79 Å². The molecule has 3 N–H and O–H groups in total. The molecule has 1 rings (SSSR count). The molecule has 0 aromatic carbocycles. The van der Waals surface area contributed by atoms with Gasteiger partial charge in [0, 0.05) is 5.41 Å². The van der Waals surface area contributed by atoms with Crippen LogP contribution in [0.15, 0.2) is 0 Å². The number of amides is 1. The fourth-order valence-corrected chi connectivity index (χ4v) is 2.86. The molecule has 0 aliphatic heterocycles. The second kappa shape index (κ2) is 6.34. The number of nitrogens with two attached hydrogens (primary N) is 1. The van der Waals surface area contributed by atoms with E-state index < -0.39 is 0 Å². The Balaban J connectivity index is 2.65. The summed E-state index contributed by atoms with van der Waals surface area (Å²) in [5.74, 6) is 0.156. The minimum absolute atomic E-state index is 0.133. The predicted octanol–water partition coefficient (Wildman–Crippen LogP) is 2.53. The average Bonchev–Trinajstić information content (AvgIpc) is 2.78. The molecule has 17 heavy (non-hydrogen) atoms. The molecule has 1 atom stereocenters. The van der Waals surface area contributed by atoms with E-state index in [1.807, 2.05) is 0 Å². The summed E-state index contributed by atoms with van der Waals surface area (Å²) in [4.78, 5) is 12.8. The van der Waals surface area contributed by atoms with Crippen molar-refractivity contribution in [2.45, 2.75) is 64.8 Å². The maximum absolute atomic E-state index is 12.4. The van der Waals surface area contributed by atoms with E-state index in [0.29, 0.717) is 4.99 Å². The largest absolute Gasteiger partial charge is 0.392 e. The van der Waals surface area contributed by atoms with Gasteiger partial charge in [0.2, 0.25) is 5.91 Å². The Hall–Kier alpha value is -0.640. The maximum atomic E-state index is 12.4. The van der Waals surface area contributed by atoms with Gasteiger partial charge in [-0.05, 0) is 25.7 Å². The Bertz CT molecular complexity index is 285. The van der Waals surface area contributed by atoms with Crippen LogP contribution in [0.1, 0.15) is 58.8 Å². The fraction of sp³-hybridized carbons (Fsp3) is 0.846. The zero-order chi connectivity index (χ0) is 12.9. The molecular formula is C13H24N2OS.